The molecule has 2 aromatic rings. The molecule has 0 saturated carbocycles. The normalized spacial score (nSPS) is 12.2. The van der Waals surface area contributed by atoms with Crippen molar-refractivity contribution >= 4 is 5.91 Å². The summed E-state index contributed by atoms with van der Waals surface area (Å²) in [6, 6.07) is 5.62. The number of aryl methyl sites for hydroxylation is 1. The second-order valence-electron chi connectivity index (χ2n) is 4.12. The molecule has 2 rings (SSSR count). The maximum atomic E-state index is 13.9. The number of hydrogen-bond donors (Lipinski definition) is 2. The Kier molecular flexibility index (Phi) is 3.91. The monoisotopic (exact) mass is 262 g/mol. The molecule has 1 atom stereocenters. The highest BCUT2D eigenvalue weighted by Crippen LogP contribution is 2.22. The van der Waals surface area contributed by atoms with Crippen LogP contribution in [-0.2, 0) is 11.8 Å². The molecule has 1 unspecified atom stereocenters. The van der Waals surface area contributed by atoms with Crippen LogP contribution >= 0.6 is 0 Å². The van der Waals surface area contributed by atoms with E-state index in [9.17, 15) is 9.18 Å². The summed E-state index contributed by atoms with van der Waals surface area (Å²) < 4.78 is 15.6. The Morgan fingerprint density at radius 3 is 2.84 bits per heavy atom. The molecular weight excluding hydrogens is 247 g/mol. The average Bonchev–Trinajstić information content (AvgIpc) is 2.83. The lowest BCUT2D eigenvalue weighted by Crippen LogP contribution is -2.35. The number of imidazole rings is 1. The van der Waals surface area contributed by atoms with Gasteiger partial charge in [-0.2, -0.15) is 0 Å². The van der Waals surface area contributed by atoms with E-state index in [1.165, 1.54) is 6.07 Å². The van der Waals surface area contributed by atoms with Crippen LogP contribution in [0.2, 0.25) is 0 Å². The fraction of sp³-hybridized carbons (Fsp3) is 0.231. The Labute approximate surface area is 110 Å². The fourth-order valence-corrected chi connectivity index (χ4v) is 1.87. The first-order valence-corrected chi connectivity index (χ1v) is 5.84. The second-order valence-corrected chi connectivity index (χ2v) is 4.12. The number of nitrogens with two attached hydrogens (primary N) is 1. The first-order chi connectivity index (χ1) is 9.13. The van der Waals surface area contributed by atoms with Crippen LogP contribution in [0.4, 0.5) is 4.39 Å². The lowest BCUT2D eigenvalue weighted by molar-refractivity contribution is -0.120. The molecule has 1 heterocycles. The van der Waals surface area contributed by atoms with Crippen LogP contribution in [0.1, 0.15) is 17.4 Å². The number of halogens is 1. The average molecular weight is 262 g/mol. The molecular formula is C13H15FN4O. The van der Waals surface area contributed by atoms with E-state index < -0.39 is 11.9 Å². The van der Waals surface area contributed by atoms with Gasteiger partial charge in [0.05, 0.1) is 6.54 Å². The van der Waals surface area contributed by atoms with Gasteiger partial charge in [0.25, 0.3) is 0 Å². The first-order valence-electron chi connectivity index (χ1n) is 5.84. The highest BCUT2D eigenvalue weighted by molar-refractivity contribution is 5.78. The highest BCUT2D eigenvalue weighted by Gasteiger charge is 2.22. The number of benzene rings is 1. The summed E-state index contributed by atoms with van der Waals surface area (Å²) in [4.78, 5) is 15.7. The van der Waals surface area contributed by atoms with Crippen LogP contribution in [0.3, 0.4) is 0 Å². The van der Waals surface area contributed by atoms with Gasteiger partial charge in [-0.25, -0.2) is 9.37 Å². The molecule has 1 aromatic carbocycles. The number of hydrogen-bond acceptors (Lipinski definition) is 3. The predicted octanol–water partition coefficient (Wildman–Crippen LogP) is 0.723. The maximum Gasteiger partial charge on any atom is 0.234 e. The van der Waals surface area contributed by atoms with Gasteiger partial charge in [0.2, 0.25) is 5.91 Å². The van der Waals surface area contributed by atoms with Crippen molar-refractivity contribution in [3.8, 4) is 0 Å². The zero-order chi connectivity index (χ0) is 13.8. The van der Waals surface area contributed by atoms with E-state index in [1.54, 1.807) is 42.2 Å². The second kappa shape index (κ2) is 5.62. The Morgan fingerprint density at radius 1 is 1.53 bits per heavy atom. The van der Waals surface area contributed by atoms with Gasteiger partial charge < -0.3 is 15.6 Å². The molecule has 0 aliphatic heterocycles. The largest absolute Gasteiger partial charge is 0.341 e. The molecule has 0 saturated heterocycles. The standard InChI is InChI=1S/C13H15FN4O/c1-18-7-6-16-13(18)12(17-11(19)8-15)9-4-2-3-5-10(9)14/h2-7,12H,8,15H2,1H3,(H,17,19). The van der Waals surface area contributed by atoms with E-state index >= 15 is 0 Å². The number of nitrogens with one attached hydrogen (secondary N) is 1. The molecule has 0 fully saturated rings. The van der Waals surface area contributed by atoms with E-state index in [0.29, 0.717) is 11.4 Å². The van der Waals surface area contributed by atoms with Gasteiger partial charge in [0, 0.05) is 25.0 Å². The third-order valence-corrected chi connectivity index (χ3v) is 2.82. The Balaban J connectivity index is 2.43. The first kappa shape index (κ1) is 13.2. The van der Waals surface area contributed by atoms with Crippen molar-refractivity contribution in [2.24, 2.45) is 12.8 Å². The van der Waals surface area contributed by atoms with Crippen LogP contribution in [0.15, 0.2) is 36.7 Å². The number of aromatic nitrogens is 2. The lowest BCUT2D eigenvalue weighted by atomic mass is 10.1. The maximum absolute atomic E-state index is 13.9. The van der Waals surface area contributed by atoms with Crippen molar-refractivity contribution < 1.29 is 9.18 Å². The van der Waals surface area contributed by atoms with E-state index in [-0.39, 0.29) is 12.5 Å². The molecule has 0 aliphatic carbocycles. The van der Waals surface area contributed by atoms with Crippen LogP contribution in [0.5, 0.6) is 0 Å². The molecule has 19 heavy (non-hydrogen) atoms. The number of nitrogens with zero attached hydrogens (tertiary/aromatic N) is 2. The molecule has 1 amide bonds. The topological polar surface area (TPSA) is 72.9 Å². The van der Waals surface area contributed by atoms with Crippen LogP contribution in [0, 0.1) is 5.82 Å². The highest BCUT2D eigenvalue weighted by atomic mass is 19.1. The molecule has 0 radical (unpaired) electrons. The van der Waals surface area contributed by atoms with Crippen LogP contribution in [-0.4, -0.2) is 22.0 Å². The smallest absolute Gasteiger partial charge is 0.234 e. The summed E-state index contributed by atoms with van der Waals surface area (Å²) in [6.45, 7) is -0.157. The minimum atomic E-state index is -0.655. The summed E-state index contributed by atoms with van der Waals surface area (Å²) >= 11 is 0. The summed E-state index contributed by atoms with van der Waals surface area (Å²) in [7, 11) is 1.78. The SMILES string of the molecule is Cn1ccnc1C(NC(=O)CN)c1ccccc1F. The number of amides is 1. The van der Waals surface area contributed by atoms with E-state index in [0.717, 1.165) is 0 Å². The minimum Gasteiger partial charge on any atom is -0.341 e. The third-order valence-electron chi connectivity index (χ3n) is 2.82. The number of carbonyl (C=O) groups is 1. The molecule has 0 aliphatic rings. The van der Waals surface area contributed by atoms with E-state index in [4.69, 9.17) is 5.73 Å². The zero-order valence-corrected chi connectivity index (χ0v) is 10.5. The van der Waals surface area contributed by atoms with Gasteiger partial charge in [-0.05, 0) is 6.07 Å². The minimum absolute atomic E-state index is 0.157. The summed E-state index contributed by atoms with van der Waals surface area (Å²) in [6.07, 6.45) is 3.33. The van der Waals surface area contributed by atoms with Crippen molar-refractivity contribution in [1.82, 2.24) is 14.9 Å². The molecule has 1 aromatic heterocycles. The Morgan fingerprint density at radius 2 is 2.26 bits per heavy atom. The van der Waals surface area contributed by atoms with Crippen molar-refractivity contribution in [3.63, 3.8) is 0 Å². The molecule has 5 nitrogen and oxygen atoms in total. The molecule has 0 bridgehead atoms. The third kappa shape index (κ3) is 2.79. The van der Waals surface area contributed by atoms with E-state index in [1.807, 2.05) is 0 Å². The van der Waals surface area contributed by atoms with Crippen molar-refractivity contribution in [2.75, 3.05) is 6.54 Å². The van der Waals surface area contributed by atoms with Crippen molar-refractivity contribution in [2.45, 2.75) is 6.04 Å². The van der Waals surface area contributed by atoms with Crippen LogP contribution < -0.4 is 11.1 Å². The summed E-state index contributed by atoms with van der Waals surface area (Å²) in [5, 5.41) is 2.68. The zero-order valence-electron chi connectivity index (χ0n) is 10.5. The summed E-state index contributed by atoms with van der Waals surface area (Å²) in [5.74, 6) is -0.212. The molecule has 6 heteroatoms. The lowest BCUT2D eigenvalue weighted by Gasteiger charge is -2.19. The van der Waals surface area contributed by atoms with Gasteiger partial charge in [0.1, 0.15) is 17.7 Å². The van der Waals surface area contributed by atoms with E-state index in [2.05, 4.69) is 10.3 Å². The number of carbonyl (C=O) groups excluding carboxylic acids is 1. The molecule has 3 N–H and O–H groups in total. The quantitative estimate of drug-likeness (QED) is 0.853. The van der Waals surface area contributed by atoms with Crippen molar-refractivity contribution in [1.29, 1.82) is 0 Å². The Hall–Kier alpha value is -2.21. The van der Waals surface area contributed by atoms with Gasteiger partial charge in [0.15, 0.2) is 0 Å². The predicted molar refractivity (Wildman–Crippen MR) is 68.6 cm³/mol. The van der Waals surface area contributed by atoms with Crippen LogP contribution in [0.25, 0.3) is 0 Å². The fourth-order valence-electron chi connectivity index (χ4n) is 1.87. The Bertz CT molecular complexity index is 582. The molecule has 0 spiro atoms. The number of rotatable bonds is 4. The van der Waals surface area contributed by atoms with Gasteiger partial charge in [-0.3, -0.25) is 4.79 Å². The van der Waals surface area contributed by atoms with Crippen molar-refractivity contribution in [3.05, 3.63) is 53.9 Å². The van der Waals surface area contributed by atoms with Gasteiger partial charge in [-0.15, -0.1) is 0 Å². The summed E-state index contributed by atoms with van der Waals surface area (Å²) in [5.41, 5.74) is 5.65. The van der Waals surface area contributed by atoms with Gasteiger partial charge >= 0.3 is 0 Å². The van der Waals surface area contributed by atoms with Gasteiger partial charge in [-0.1, -0.05) is 18.2 Å². The molecule has 100 valence electrons.